The minimum atomic E-state index is 0.137. The van der Waals surface area contributed by atoms with Gasteiger partial charge in [0.2, 0.25) is 0 Å². The Labute approximate surface area is 78.8 Å². The molecule has 0 amide bonds. The molecule has 13 heavy (non-hydrogen) atoms. The average Bonchev–Trinajstić information content (AvgIpc) is 2.10. The maximum atomic E-state index is 8.58. The second-order valence-electron chi connectivity index (χ2n) is 3.04. The fourth-order valence-corrected chi connectivity index (χ4v) is 1.22. The van der Waals surface area contributed by atoms with Crippen molar-refractivity contribution in [3.8, 4) is 0 Å². The van der Waals surface area contributed by atoms with Gasteiger partial charge in [-0.25, -0.2) is 5.43 Å². The van der Waals surface area contributed by atoms with Crippen molar-refractivity contribution in [1.82, 2.24) is 5.43 Å². The van der Waals surface area contributed by atoms with Crippen LogP contribution in [0.3, 0.4) is 0 Å². The lowest BCUT2D eigenvalue weighted by atomic mass is 10.1. The van der Waals surface area contributed by atoms with E-state index in [1.54, 1.807) is 0 Å². The lowest BCUT2D eigenvalue weighted by molar-refractivity contribution is 0.296. The van der Waals surface area contributed by atoms with Crippen molar-refractivity contribution in [2.75, 3.05) is 18.6 Å². The monoisotopic (exact) mass is 180 g/mol. The van der Waals surface area contributed by atoms with Crippen LogP contribution in [0.15, 0.2) is 18.2 Å². The molecule has 0 saturated carbocycles. The van der Waals surface area contributed by atoms with Crippen LogP contribution in [0.25, 0.3) is 0 Å². The summed E-state index contributed by atoms with van der Waals surface area (Å²) in [6.07, 6.45) is 0. The largest absolute Gasteiger partial charge is 0.395 e. The van der Waals surface area contributed by atoms with Crippen molar-refractivity contribution in [2.45, 2.75) is 13.8 Å². The SMILES string of the molecule is Cc1cccc(C)c1NNCCO. The molecule has 3 nitrogen and oxygen atoms in total. The van der Waals surface area contributed by atoms with E-state index < -0.39 is 0 Å². The Morgan fingerprint density at radius 3 is 2.38 bits per heavy atom. The number of aryl methyl sites for hydroxylation is 2. The van der Waals surface area contributed by atoms with Gasteiger partial charge >= 0.3 is 0 Å². The Bertz CT molecular complexity index is 253. The second-order valence-corrected chi connectivity index (χ2v) is 3.04. The fraction of sp³-hybridized carbons (Fsp3) is 0.400. The maximum absolute atomic E-state index is 8.58. The summed E-state index contributed by atoms with van der Waals surface area (Å²) in [6, 6.07) is 6.13. The first-order valence-corrected chi connectivity index (χ1v) is 4.41. The van der Waals surface area contributed by atoms with Crippen LogP contribution in [0.2, 0.25) is 0 Å². The van der Waals surface area contributed by atoms with Gasteiger partial charge in [0.1, 0.15) is 0 Å². The molecule has 0 spiro atoms. The van der Waals surface area contributed by atoms with Crippen LogP contribution >= 0.6 is 0 Å². The summed E-state index contributed by atoms with van der Waals surface area (Å²) in [5.41, 5.74) is 9.50. The molecule has 0 atom stereocenters. The van der Waals surface area contributed by atoms with Gasteiger partial charge in [-0.05, 0) is 25.0 Å². The Morgan fingerprint density at radius 2 is 1.85 bits per heavy atom. The van der Waals surface area contributed by atoms with Crippen LogP contribution in [-0.4, -0.2) is 18.3 Å². The highest BCUT2D eigenvalue weighted by Gasteiger charge is 1.99. The molecule has 0 bridgehead atoms. The zero-order valence-corrected chi connectivity index (χ0v) is 8.09. The Balaban J connectivity index is 2.64. The maximum Gasteiger partial charge on any atom is 0.0574 e. The van der Waals surface area contributed by atoms with Crippen LogP contribution in [0.1, 0.15) is 11.1 Å². The molecule has 3 heteroatoms. The third-order valence-electron chi connectivity index (χ3n) is 1.93. The first-order valence-electron chi connectivity index (χ1n) is 4.41. The van der Waals surface area contributed by atoms with E-state index in [9.17, 15) is 0 Å². The highest BCUT2D eigenvalue weighted by molar-refractivity contribution is 5.55. The number of aliphatic hydroxyl groups is 1. The molecule has 0 aliphatic rings. The topological polar surface area (TPSA) is 44.3 Å². The first-order chi connectivity index (χ1) is 6.25. The second kappa shape index (κ2) is 4.84. The highest BCUT2D eigenvalue weighted by atomic mass is 16.3. The summed E-state index contributed by atoms with van der Waals surface area (Å²) in [5, 5.41) is 8.58. The zero-order chi connectivity index (χ0) is 9.68. The Kier molecular flexibility index (Phi) is 3.73. The molecule has 72 valence electrons. The van der Waals surface area contributed by atoms with Crippen molar-refractivity contribution < 1.29 is 5.11 Å². The predicted octanol–water partition coefficient (Wildman–Crippen LogP) is 1.21. The first kappa shape index (κ1) is 10.0. The van der Waals surface area contributed by atoms with Gasteiger partial charge in [-0.15, -0.1) is 0 Å². The van der Waals surface area contributed by atoms with E-state index in [4.69, 9.17) is 5.11 Å². The summed E-state index contributed by atoms with van der Waals surface area (Å²) in [6.45, 7) is 4.79. The number of hydrazine groups is 1. The van der Waals surface area contributed by atoms with Crippen LogP contribution in [-0.2, 0) is 0 Å². The van der Waals surface area contributed by atoms with E-state index in [0.717, 1.165) is 5.69 Å². The molecule has 0 unspecified atom stereocenters. The van der Waals surface area contributed by atoms with Gasteiger partial charge < -0.3 is 10.5 Å². The molecule has 1 aromatic rings. The zero-order valence-electron chi connectivity index (χ0n) is 8.09. The number of hydrogen-bond acceptors (Lipinski definition) is 3. The van der Waals surface area contributed by atoms with Crippen molar-refractivity contribution in [1.29, 1.82) is 0 Å². The lowest BCUT2D eigenvalue weighted by Gasteiger charge is -2.12. The van der Waals surface area contributed by atoms with Crippen LogP contribution in [0, 0.1) is 13.8 Å². The summed E-state index contributed by atoms with van der Waals surface area (Å²) >= 11 is 0. The van der Waals surface area contributed by atoms with Crippen LogP contribution < -0.4 is 10.9 Å². The molecule has 0 saturated heterocycles. The van der Waals surface area contributed by atoms with Gasteiger partial charge in [-0.3, -0.25) is 0 Å². The molecule has 0 radical (unpaired) electrons. The molecular weight excluding hydrogens is 164 g/mol. The number of rotatable bonds is 4. The number of aliphatic hydroxyl groups excluding tert-OH is 1. The molecule has 0 fully saturated rings. The van der Waals surface area contributed by atoms with Crippen molar-refractivity contribution >= 4 is 5.69 Å². The van der Waals surface area contributed by atoms with Gasteiger partial charge in [-0.2, -0.15) is 0 Å². The number of benzene rings is 1. The molecule has 0 heterocycles. The number of hydrogen-bond donors (Lipinski definition) is 3. The van der Waals surface area contributed by atoms with Gasteiger partial charge in [0.15, 0.2) is 0 Å². The molecule has 0 aliphatic heterocycles. The van der Waals surface area contributed by atoms with E-state index >= 15 is 0 Å². The van der Waals surface area contributed by atoms with Crippen molar-refractivity contribution in [3.63, 3.8) is 0 Å². The predicted molar refractivity (Wildman–Crippen MR) is 54.6 cm³/mol. The van der Waals surface area contributed by atoms with Gasteiger partial charge in [-0.1, -0.05) is 18.2 Å². The smallest absolute Gasteiger partial charge is 0.0574 e. The van der Waals surface area contributed by atoms with Crippen molar-refractivity contribution in [3.05, 3.63) is 29.3 Å². The minimum absolute atomic E-state index is 0.137. The summed E-state index contributed by atoms with van der Waals surface area (Å²) in [4.78, 5) is 0. The quantitative estimate of drug-likeness (QED) is 0.482. The molecular formula is C10H16N2O. The highest BCUT2D eigenvalue weighted by Crippen LogP contribution is 2.17. The number of nitrogens with one attached hydrogen (secondary N) is 2. The normalized spacial score (nSPS) is 10.1. The van der Waals surface area contributed by atoms with E-state index in [-0.39, 0.29) is 6.61 Å². The van der Waals surface area contributed by atoms with Gasteiger partial charge in [0.25, 0.3) is 0 Å². The third-order valence-corrected chi connectivity index (χ3v) is 1.93. The Hall–Kier alpha value is -1.06. The number of para-hydroxylation sites is 1. The molecule has 0 aromatic heterocycles. The van der Waals surface area contributed by atoms with E-state index in [2.05, 4.69) is 36.8 Å². The van der Waals surface area contributed by atoms with E-state index in [0.29, 0.717) is 6.54 Å². The Morgan fingerprint density at radius 1 is 1.23 bits per heavy atom. The van der Waals surface area contributed by atoms with Crippen molar-refractivity contribution in [2.24, 2.45) is 0 Å². The molecule has 3 N–H and O–H groups in total. The molecule has 1 rings (SSSR count). The fourth-order valence-electron chi connectivity index (χ4n) is 1.22. The standard InChI is InChI=1S/C10H16N2O/c1-8-4-3-5-9(2)10(8)12-11-6-7-13/h3-5,11-13H,6-7H2,1-2H3. The molecule has 1 aromatic carbocycles. The molecule has 0 aliphatic carbocycles. The van der Waals surface area contributed by atoms with E-state index in [1.807, 2.05) is 6.07 Å². The van der Waals surface area contributed by atoms with Crippen LogP contribution in [0.5, 0.6) is 0 Å². The van der Waals surface area contributed by atoms with E-state index in [1.165, 1.54) is 11.1 Å². The summed E-state index contributed by atoms with van der Waals surface area (Å²) < 4.78 is 0. The minimum Gasteiger partial charge on any atom is -0.395 e. The number of anilines is 1. The summed E-state index contributed by atoms with van der Waals surface area (Å²) in [7, 11) is 0. The average molecular weight is 180 g/mol. The van der Waals surface area contributed by atoms with Gasteiger partial charge in [0, 0.05) is 6.54 Å². The lowest BCUT2D eigenvalue weighted by Crippen LogP contribution is -2.25. The third kappa shape index (κ3) is 2.72. The van der Waals surface area contributed by atoms with Gasteiger partial charge in [0.05, 0.1) is 12.3 Å². The van der Waals surface area contributed by atoms with Crippen LogP contribution in [0.4, 0.5) is 5.69 Å². The summed E-state index contributed by atoms with van der Waals surface area (Å²) in [5.74, 6) is 0.